The van der Waals surface area contributed by atoms with Gasteiger partial charge < -0.3 is 19.7 Å². The number of aryl methyl sites for hydroxylation is 1. The zero-order valence-corrected chi connectivity index (χ0v) is 14.7. The molecule has 7 heteroatoms. The van der Waals surface area contributed by atoms with E-state index in [0.717, 1.165) is 25.2 Å². The van der Waals surface area contributed by atoms with E-state index in [2.05, 4.69) is 10.2 Å². The summed E-state index contributed by atoms with van der Waals surface area (Å²) in [4.78, 5) is 16.5. The van der Waals surface area contributed by atoms with Gasteiger partial charge in [0.1, 0.15) is 5.75 Å². The lowest BCUT2D eigenvalue weighted by molar-refractivity contribution is 0.109. The Morgan fingerprint density at radius 3 is 2.57 bits per heavy atom. The van der Waals surface area contributed by atoms with Crippen molar-refractivity contribution in [2.45, 2.75) is 6.92 Å². The third-order valence-corrected chi connectivity index (χ3v) is 4.40. The van der Waals surface area contributed by atoms with Crippen LogP contribution < -0.4 is 10.1 Å². The van der Waals surface area contributed by atoms with E-state index in [4.69, 9.17) is 21.1 Å². The second-order valence-corrected chi connectivity index (χ2v) is 5.96. The molecule has 0 saturated carbocycles. The van der Waals surface area contributed by atoms with Crippen LogP contribution >= 0.6 is 11.6 Å². The van der Waals surface area contributed by atoms with Crippen molar-refractivity contribution < 1.29 is 14.3 Å². The van der Waals surface area contributed by atoms with Gasteiger partial charge in [0, 0.05) is 50.9 Å². The highest BCUT2D eigenvalue weighted by Gasteiger charge is 2.21. The lowest BCUT2D eigenvalue weighted by atomic mass is 10.2. The Morgan fingerprint density at radius 1 is 1.26 bits per heavy atom. The Labute approximate surface area is 142 Å². The Bertz CT molecular complexity index is 546. The Morgan fingerprint density at radius 2 is 1.96 bits per heavy atom. The summed E-state index contributed by atoms with van der Waals surface area (Å²) in [6.07, 6.45) is 0. The number of hydrogen-bond acceptors (Lipinski definition) is 4. The minimum absolute atomic E-state index is 0.114. The number of piperazine rings is 1. The first-order chi connectivity index (χ1) is 11.0. The molecule has 1 aliphatic rings. The number of urea groups is 1. The van der Waals surface area contributed by atoms with Crippen LogP contribution in [0.2, 0.25) is 5.02 Å². The normalized spacial score (nSPS) is 15.6. The van der Waals surface area contributed by atoms with E-state index in [1.54, 1.807) is 20.3 Å². The van der Waals surface area contributed by atoms with Gasteiger partial charge in [-0.25, -0.2) is 4.79 Å². The summed E-state index contributed by atoms with van der Waals surface area (Å²) < 4.78 is 10.4. The molecule has 1 saturated heterocycles. The molecule has 128 valence electrons. The molecule has 2 rings (SSSR count). The summed E-state index contributed by atoms with van der Waals surface area (Å²) in [7, 11) is 3.26. The van der Waals surface area contributed by atoms with E-state index in [-0.39, 0.29) is 6.03 Å². The summed E-state index contributed by atoms with van der Waals surface area (Å²) in [6.45, 7) is 6.62. The summed E-state index contributed by atoms with van der Waals surface area (Å²) in [5, 5.41) is 3.53. The summed E-state index contributed by atoms with van der Waals surface area (Å²) in [6, 6.07) is 3.43. The molecular formula is C16H24ClN3O3. The fourth-order valence-corrected chi connectivity index (χ4v) is 2.67. The van der Waals surface area contributed by atoms with Crippen molar-refractivity contribution in [3.05, 3.63) is 22.7 Å². The molecule has 0 unspecified atom stereocenters. The maximum Gasteiger partial charge on any atom is 0.322 e. The van der Waals surface area contributed by atoms with Crippen LogP contribution in [-0.2, 0) is 4.74 Å². The maximum absolute atomic E-state index is 12.4. The van der Waals surface area contributed by atoms with Crippen LogP contribution in [0.1, 0.15) is 5.56 Å². The number of methoxy groups -OCH3 is 2. The highest BCUT2D eigenvalue weighted by atomic mass is 35.5. The number of carbonyl (C=O) groups excluding carboxylic acids is 1. The van der Waals surface area contributed by atoms with E-state index < -0.39 is 0 Å². The van der Waals surface area contributed by atoms with E-state index in [1.807, 2.05) is 17.9 Å². The molecule has 1 fully saturated rings. The number of ether oxygens (including phenoxy) is 2. The highest BCUT2D eigenvalue weighted by Crippen LogP contribution is 2.31. The molecule has 0 aromatic heterocycles. The fourth-order valence-electron chi connectivity index (χ4n) is 2.52. The number of carbonyl (C=O) groups is 1. The van der Waals surface area contributed by atoms with Crippen molar-refractivity contribution in [2.75, 3.05) is 58.9 Å². The summed E-state index contributed by atoms with van der Waals surface area (Å²) >= 11 is 6.09. The van der Waals surface area contributed by atoms with Gasteiger partial charge in [-0.2, -0.15) is 0 Å². The molecule has 1 N–H and O–H groups in total. The quantitative estimate of drug-likeness (QED) is 0.893. The van der Waals surface area contributed by atoms with Crippen molar-refractivity contribution in [3.63, 3.8) is 0 Å². The first kappa shape index (κ1) is 17.8. The average molecular weight is 342 g/mol. The van der Waals surface area contributed by atoms with Gasteiger partial charge >= 0.3 is 6.03 Å². The number of amides is 2. The Hall–Kier alpha value is -1.50. The van der Waals surface area contributed by atoms with Crippen LogP contribution in [0.5, 0.6) is 5.75 Å². The largest absolute Gasteiger partial charge is 0.495 e. The molecule has 6 nitrogen and oxygen atoms in total. The Balaban J connectivity index is 1.94. The van der Waals surface area contributed by atoms with E-state index in [9.17, 15) is 4.79 Å². The van der Waals surface area contributed by atoms with Gasteiger partial charge in [0.15, 0.2) is 0 Å². The van der Waals surface area contributed by atoms with Crippen LogP contribution in [0.4, 0.5) is 10.5 Å². The average Bonchev–Trinajstić information content (AvgIpc) is 2.56. The first-order valence-corrected chi connectivity index (χ1v) is 8.04. The number of halogens is 1. The maximum atomic E-state index is 12.4. The van der Waals surface area contributed by atoms with Crippen LogP contribution in [-0.4, -0.2) is 69.4 Å². The van der Waals surface area contributed by atoms with Crippen molar-refractivity contribution >= 4 is 23.3 Å². The molecule has 1 aromatic carbocycles. The van der Waals surface area contributed by atoms with Crippen LogP contribution in [0.25, 0.3) is 0 Å². The molecule has 0 atom stereocenters. The van der Waals surface area contributed by atoms with Gasteiger partial charge in [-0.1, -0.05) is 11.6 Å². The molecule has 1 heterocycles. The van der Waals surface area contributed by atoms with Gasteiger partial charge in [0.05, 0.1) is 19.4 Å². The SMILES string of the molecule is COCCN1CCN(C(=O)Nc2cc(C)c(Cl)cc2OC)CC1. The molecule has 2 amide bonds. The predicted molar refractivity (Wildman–Crippen MR) is 91.6 cm³/mol. The number of anilines is 1. The minimum Gasteiger partial charge on any atom is -0.495 e. The van der Waals surface area contributed by atoms with E-state index in [1.165, 1.54) is 0 Å². The number of benzene rings is 1. The monoisotopic (exact) mass is 341 g/mol. The lowest BCUT2D eigenvalue weighted by Gasteiger charge is -2.34. The topological polar surface area (TPSA) is 54.0 Å². The van der Waals surface area contributed by atoms with Gasteiger partial charge in [-0.05, 0) is 18.6 Å². The van der Waals surface area contributed by atoms with Gasteiger partial charge in [-0.15, -0.1) is 0 Å². The van der Waals surface area contributed by atoms with E-state index >= 15 is 0 Å². The molecule has 0 bridgehead atoms. The molecule has 23 heavy (non-hydrogen) atoms. The van der Waals surface area contributed by atoms with Crippen molar-refractivity contribution in [1.29, 1.82) is 0 Å². The number of rotatable bonds is 5. The number of nitrogens with one attached hydrogen (secondary N) is 1. The highest BCUT2D eigenvalue weighted by molar-refractivity contribution is 6.31. The molecule has 0 aliphatic carbocycles. The van der Waals surface area contributed by atoms with Crippen LogP contribution in [0.3, 0.4) is 0 Å². The zero-order valence-electron chi connectivity index (χ0n) is 13.9. The zero-order chi connectivity index (χ0) is 16.8. The fraction of sp³-hybridized carbons (Fsp3) is 0.562. The van der Waals surface area contributed by atoms with Crippen LogP contribution in [0, 0.1) is 6.92 Å². The van der Waals surface area contributed by atoms with Crippen molar-refractivity contribution in [2.24, 2.45) is 0 Å². The van der Waals surface area contributed by atoms with Crippen molar-refractivity contribution in [1.82, 2.24) is 9.80 Å². The summed E-state index contributed by atoms with van der Waals surface area (Å²) in [5.74, 6) is 0.563. The minimum atomic E-state index is -0.114. The third kappa shape index (κ3) is 4.73. The molecule has 0 radical (unpaired) electrons. The molecule has 0 spiro atoms. The first-order valence-electron chi connectivity index (χ1n) is 7.66. The summed E-state index contributed by atoms with van der Waals surface area (Å²) in [5.41, 5.74) is 1.54. The van der Waals surface area contributed by atoms with Crippen LogP contribution in [0.15, 0.2) is 12.1 Å². The van der Waals surface area contributed by atoms with Gasteiger partial charge in [0.2, 0.25) is 0 Å². The third-order valence-electron chi connectivity index (χ3n) is 3.99. The molecular weight excluding hydrogens is 318 g/mol. The van der Waals surface area contributed by atoms with E-state index in [0.29, 0.717) is 36.2 Å². The second kappa shape index (κ2) is 8.38. The molecule has 1 aliphatic heterocycles. The van der Waals surface area contributed by atoms with Gasteiger partial charge in [-0.3, -0.25) is 4.90 Å². The predicted octanol–water partition coefficient (Wildman–Crippen LogP) is 2.45. The second-order valence-electron chi connectivity index (χ2n) is 5.55. The Kier molecular flexibility index (Phi) is 6.50. The van der Waals surface area contributed by atoms with Crippen molar-refractivity contribution in [3.8, 4) is 5.75 Å². The lowest BCUT2D eigenvalue weighted by Crippen LogP contribution is -2.50. The van der Waals surface area contributed by atoms with Gasteiger partial charge in [0.25, 0.3) is 0 Å². The standard InChI is InChI=1S/C16H24ClN3O3/c1-12-10-14(15(23-3)11-13(12)17)18-16(21)20-6-4-19(5-7-20)8-9-22-2/h10-11H,4-9H2,1-3H3,(H,18,21). The number of hydrogen-bond donors (Lipinski definition) is 1. The smallest absolute Gasteiger partial charge is 0.322 e. The number of nitrogens with zero attached hydrogens (tertiary/aromatic N) is 2. The molecule has 1 aromatic rings.